The Morgan fingerprint density at radius 3 is 2.76 bits per heavy atom. The number of aliphatic hydroxyl groups excluding tert-OH is 1. The van der Waals surface area contributed by atoms with E-state index in [0.717, 1.165) is 11.3 Å². The van der Waals surface area contributed by atoms with Crippen LogP contribution in [-0.4, -0.2) is 10.1 Å². The molecule has 2 aromatic rings. The summed E-state index contributed by atoms with van der Waals surface area (Å²) < 4.78 is 5.68. The van der Waals surface area contributed by atoms with Gasteiger partial charge in [-0.2, -0.15) is 0 Å². The Morgan fingerprint density at radius 2 is 2.06 bits per heavy atom. The van der Waals surface area contributed by atoms with E-state index in [9.17, 15) is 5.11 Å². The van der Waals surface area contributed by atoms with E-state index in [2.05, 4.69) is 4.98 Å². The molecule has 1 atom stereocenters. The van der Waals surface area contributed by atoms with Crippen molar-refractivity contribution in [3.8, 4) is 11.6 Å². The number of hydrogen-bond acceptors (Lipinski definition) is 3. The molecular formula is C14H15NO2. The van der Waals surface area contributed by atoms with Crippen molar-refractivity contribution in [1.29, 1.82) is 0 Å². The summed E-state index contributed by atoms with van der Waals surface area (Å²) >= 11 is 0. The van der Waals surface area contributed by atoms with Gasteiger partial charge in [0.15, 0.2) is 0 Å². The van der Waals surface area contributed by atoms with Crippen molar-refractivity contribution in [3.63, 3.8) is 0 Å². The SMILES string of the molecule is Cc1cccc(Oc2ncccc2C(C)O)c1. The van der Waals surface area contributed by atoms with Gasteiger partial charge in [-0.15, -0.1) is 0 Å². The average Bonchev–Trinajstić information content (AvgIpc) is 2.29. The van der Waals surface area contributed by atoms with E-state index in [1.165, 1.54) is 0 Å². The van der Waals surface area contributed by atoms with Crippen LogP contribution in [0.5, 0.6) is 11.6 Å². The lowest BCUT2D eigenvalue weighted by Gasteiger charge is -2.11. The molecule has 2 rings (SSSR count). The Kier molecular flexibility index (Phi) is 3.40. The number of ether oxygens (including phenoxy) is 1. The molecule has 17 heavy (non-hydrogen) atoms. The van der Waals surface area contributed by atoms with Crippen LogP contribution in [0.4, 0.5) is 0 Å². The van der Waals surface area contributed by atoms with Gasteiger partial charge in [0.2, 0.25) is 5.88 Å². The third-order valence-corrected chi connectivity index (χ3v) is 2.45. The molecular weight excluding hydrogens is 214 g/mol. The lowest BCUT2D eigenvalue weighted by atomic mass is 10.2. The maximum atomic E-state index is 9.62. The minimum absolute atomic E-state index is 0.452. The number of hydrogen-bond donors (Lipinski definition) is 1. The summed E-state index contributed by atoms with van der Waals surface area (Å²) in [6.45, 7) is 3.70. The van der Waals surface area contributed by atoms with E-state index in [4.69, 9.17) is 4.74 Å². The molecule has 88 valence electrons. The van der Waals surface area contributed by atoms with Crippen molar-refractivity contribution in [2.24, 2.45) is 0 Å². The number of benzene rings is 1. The molecule has 1 heterocycles. The van der Waals surface area contributed by atoms with Crippen LogP contribution < -0.4 is 4.74 Å². The summed E-state index contributed by atoms with van der Waals surface area (Å²) in [5.41, 5.74) is 1.81. The Bertz CT molecular complexity index is 509. The normalized spacial score (nSPS) is 12.2. The molecule has 0 aliphatic carbocycles. The van der Waals surface area contributed by atoms with Gasteiger partial charge in [0.05, 0.1) is 6.10 Å². The second kappa shape index (κ2) is 4.97. The molecule has 0 amide bonds. The Morgan fingerprint density at radius 1 is 1.24 bits per heavy atom. The van der Waals surface area contributed by atoms with Crippen LogP contribution in [0, 0.1) is 6.92 Å². The molecule has 1 aromatic heterocycles. The van der Waals surface area contributed by atoms with Crippen LogP contribution in [-0.2, 0) is 0 Å². The number of aryl methyl sites for hydroxylation is 1. The lowest BCUT2D eigenvalue weighted by Crippen LogP contribution is -1.98. The summed E-state index contributed by atoms with van der Waals surface area (Å²) in [6.07, 6.45) is 1.06. The van der Waals surface area contributed by atoms with Crippen LogP contribution >= 0.6 is 0 Å². The van der Waals surface area contributed by atoms with Crippen molar-refractivity contribution in [3.05, 3.63) is 53.7 Å². The first-order valence-corrected chi connectivity index (χ1v) is 5.54. The standard InChI is InChI=1S/C14H15NO2/c1-10-5-3-6-12(9-10)17-14-13(11(2)16)7-4-8-15-14/h3-9,11,16H,1-2H3. The summed E-state index contributed by atoms with van der Waals surface area (Å²) in [5.74, 6) is 1.18. The molecule has 0 saturated carbocycles. The van der Waals surface area contributed by atoms with Crippen molar-refractivity contribution in [1.82, 2.24) is 4.98 Å². The predicted octanol–water partition coefficient (Wildman–Crippen LogP) is 3.24. The van der Waals surface area contributed by atoms with Crippen LogP contribution in [0.25, 0.3) is 0 Å². The lowest BCUT2D eigenvalue weighted by molar-refractivity contribution is 0.194. The van der Waals surface area contributed by atoms with Gasteiger partial charge in [0.1, 0.15) is 5.75 Å². The van der Waals surface area contributed by atoms with E-state index < -0.39 is 6.10 Å². The van der Waals surface area contributed by atoms with Gasteiger partial charge in [-0.3, -0.25) is 0 Å². The van der Waals surface area contributed by atoms with Crippen LogP contribution in [0.1, 0.15) is 24.2 Å². The minimum Gasteiger partial charge on any atom is -0.439 e. The van der Waals surface area contributed by atoms with E-state index >= 15 is 0 Å². The molecule has 3 heteroatoms. The van der Waals surface area contributed by atoms with Crippen LogP contribution in [0.2, 0.25) is 0 Å². The molecule has 1 N–H and O–H groups in total. The molecule has 1 unspecified atom stereocenters. The monoisotopic (exact) mass is 229 g/mol. The zero-order valence-electron chi connectivity index (χ0n) is 9.92. The highest BCUT2D eigenvalue weighted by Crippen LogP contribution is 2.27. The Balaban J connectivity index is 2.30. The Labute approximate surface area is 101 Å². The van der Waals surface area contributed by atoms with Crippen molar-refractivity contribution >= 4 is 0 Å². The summed E-state index contributed by atoms with van der Waals surface area (Å²) in [5, 5.41) is 9.62. The molecule has 0 saturated heterocycles. The van der Waals surface area contributed by atoms with E-state index in [0.29, 0.717) is 11.4 Å². The van der Waals surface area contributed by atoms with Gasteiger partial charge >= 0.3 is 0 Å². The zero-order valence-corrected chi connectivity index (χ0v) is 9.92. The number of rotatable bonds is 3. The van der Waals surface area contributed by atoms with E-state index in [1.807, 2.05) is 37.3 Å². The predicted molar refractivity (Wildman–Crippen MR) is 66.1 cm³/mol. The second-order valence-corrected chi connectivity index (χ2v) is 3.99. The topological polar surface area (TPSA) is 42.4 Å². The number of aromatic nitrogens is 1. The fourth-order valence-corrected chi connectivity index (χ4v) is 1.60. The fourth-order valence-electron chi connectivity index (χ4n) is 1.60. The first kappa shape index (κ1) is 11.6. The summed E-state index contributed by atoms with van der Waals surface area (Å²) in [6, 6.07) is 11.3. The molecule has 0 radical (unpaired) electrons. The maximum Gasteiger partial charge on any atom is 0.225 e. The molecule has 0 fully saturated rings. The van der Waals surface area contributed by atoms with Gasteiger partial charge < -0.3 is 9.84 Å². The fraction of sp³-hybridized carbons (Fsp3) is 0.214. The summed E-state index contributed by atoms with van der Waals surface area (Å²) in [4.78, 5) is 4.14. The first-order chi connectivity index (χ1) is 8.16. The Hall–Kier alpha value is -1.87. The van der Waals surface area contributed by atoms with Gasteiger partial charge in [0.25, 0.3) is 0 Å². The number of nitrogens with zero attached hydrogens (tertiary/aromatic N) is 1. The van der Waals surface area contributed by atoms with Crippen molar-refractivity contribution in [2.45, 2.75) is 20.0 Å². The smallest absolute Gasteiger partial charge is 0.225 e. The van der Waals surface area contributed by atoms with Crippen LogP contribution in [0.15, 0.2) is 42.6 Å². The molecule has 0 aliphatic rings. The van der Waals surface area contributed by atoms with Crippen molar-refractivity contribution in [2.75, 3.05) is 0 Å². The van der Waals surface area contributed by atoms with Gasteiger partial charge in [-0.1, -0.05) is 12.1 Å². The van der Waals surface area contributed by atoms with Gasteiger partial charge in [-0.25, -0.2) is 4.98 Å². The molecule has 0 bridgehead atoms. The highest BCUT2D eigenvalue weighted by atomic mass is 16.5. The third-order valence-electron chi connectivity index (χ3n) is 2.45. The first-order valence-electron chi connectivity index (χ1n) is 5.54. The van der Waals surface area contributed by atoms with Gasteiger partial charge in [0, 0.05) is 11.8 Å². The third kappa shape index (κ3) is 2.82. The molecule has 1 aromatic carbocycles. The van der Waals surface area contributed by atoms with E-state index in [-0.39, 0.29) is 0 Å². The minimum atomic E-state index is -0.594. The molecule has 0 spiro atoms. The maximum absolute atomic E-state index is 9.62. The zero-order chi connectivity index (χ0) is 12.3. The summed E-state index contributed by atoms with van der Waals surface area (Å²) in [7, 11) is 0. The second-order valence-electron chi connectivity index (χ2n) is 3.99. The molecule has 0 aliphatic heterocycles. The number of pyridine rings is 1. The molecule has 3 nitrogen and oxygen atoms in total. The highest BCUT2D eigenvalue weighted by Gasteiger charge is 2.10. The number of aliphatic hydroxyl groups is 1. The highest BCUT2D eigenvalue weighted by molar-refractivity contribution is 5.35. The average molecular weight is 229 g/mol. The van der Waals surface area contributed by atoms with E-state index in [1.54, 1.807) is 19.2 Å². The van der Waals surface area contributed by atoms with Gasteiger partial charge in [-0.05, 0) is 43.7 Å². The van der Waals surface area contributed by atoms with Crippen molar-refractivity contribution < 1.29 is 9.84 Å². The quantitative estimate of drug-likeness (QED) is 0.878. The van der Waals surface area contributed by atoms with Crippen LogP contribution in [0.3, 0.4) is 0 Å². The largest absolute Gasteiger partial charge is 0.439 e.